The van der Waals surface area contributed by atoms with Crippen molar-refractivity contribution < 1.29 is 5.21 Å². The van der Waals surface area contributed by atoms with Crippen LogP contribution < -0.4 is 0 Å². The average molecular weight is 149 g/mol. The van der Waals surface area contributed by atoms with Crippen LogP contribution >= 0.6 is 11.8 Å². The Morgan fingerprint density at radius 3 is 2.67 bits per heavy atom. The molecular formula is C6H15NOS. The van der Waals surface area contributed by atoms with E-state index in [1.54, 1.807) is 0 Å². The van der Waals surface area contributed by atoms with Crippen molar-refractivity contribution in [1.82, 2.24) is 5.06 Å². The minimum absolute atomic E-state index is 0.731. The van der Waals surface area contributed by atoms with Gasteiger partial charge in [0.25, 0.3) is 0 Å². The molecule has 0 aromatic rings. The van der Waals surface area contributed by atoms with E-state index in [1.165, 1.54) is 5.06 Å². The van der Waals surface area contributed by atoms with E-state index in [1.807, 2.05) is 18.7 Å². The van der Waals surface area contributed by atoms with Crippen LogP contribution in [0.15, 0.2) is 0 Å². The van der Waals surface area contributed by atoms with Crippen molar-refractivity contribution in [2.45, 2.75) is 13.3 Å². The molecule has 0 aromatic heterocycles. The summed E-state index contributed by atoms with van der Waals surface area (Å²) in [6.07, 6.45) is 3.15. The molecule has 0 saturated heterocycles. The van der Waals surface area contributed by atoms with Crippen LogP contribution in [-0.4, -0.2) is 35.4 Å². The monoisotopic (exact) mass is 149 g/mol. The maximum Gasteiger partial charge on any atom is 0.0245 e. The predicted octanol–water partition coefficient (Wildman–Crippen LogP) is 1.45. The lowest BCUT2D eigenvalue weighted by Crippen LogP contribution is -2.19. The quantitative estimate of drug-likeness (QED) is 0.473. The normalized spacial score (nSPS) is 10.7. The Morgan fingerprint density at radius 2 is 2.22 bits per heavy atom. The third-order valence-corrected chi connectivity index (χ3v) is 1.83. The van der Waals surface area contributed by atoms with Gasteiger partial charge in [-0.05, 0) is 18.4 Å². The number of hydroxylamine groups is 2. The molecule has 0 rings (SSSR count). The summed E-state index contributed by atoms with van der Waals surface area (Å²) >= 11 is 1.82. The molecule has 0 radical (unpaired) electrons. The highest BCUT2D eigenvalue weighted by molar-refractivity contribution is 7.98. The van der Waals surface area contributed by atoms with E-state index >= 15 is 0 Å². The van der Waals surface area contributed by atoms with Crippen molar-refractivity contribution in [3.05, 3.63) is 0 Å². The molecule has 3 heteroatoms. The molecule has 0 atom stereocenters. The second kappa shape index (κ2) is 6.39. The Labute approximate surface area is 61.2 Å². The lowest BCUT2D eigenvalue weighted by Gasteiger charge is -2.09. The van der Waals surface area contributed by atoms with Gasteiger partial charge in [0.2, 0.25) is 0 Å². The van der Waals surface area contributed by atoms with Gasteiger partial charge < -0.3 is 5.21 Å². The molecule has 2 nitrogen and oxygen atoms in total. The molecule has 0 aliphatic carbocycles. The van der Waals surface area contributed by atoms with Crippen molar-refractivity contribution in [2.75, 3.05) is 25.1 Å². The van der Waals surface area contributed by atoms with Crippen molar-refractivity contribution in [3.8, 4) is 0 Å². The third kappa shape index (κ3) is 6.15. The van der Waals surface area contributed by atoms with E-state index in [-0.39, 0.29) is 0 Å². The van der Waals surface area contributed by atoms with Crippen LogP contribution in [0.3, 0.4) is 0 Å². The highest BCUT2D eigenvalue weighted by atomic mass is 32.2. The molecular weight excluding hydrogens is 134 g/mol. The molecule has 0 aliphatic rings. The van der Waals surface area contributed by atoms with E-state index in [2.05, 4.69) is 6.26 Å². The summed E-state index contributed by atoms with van der Waals surface area (Å²) in [5, 5.41) is 10.3. The minimum Gasteiger partial charge on any atom is -0.314 e. The Balaban J connectivity index is 2.88. The van der Waals surface area contributed by atoms with Gasteiger partial charge in [-0.3, -0.25) is 0 Å². The zero-order valence-electron chi connectivity index (χ0n) is 6.13. The largest absolute Gasteiger partial charge is 0.314 e. The molecule has 0 saturated carbocycles. The Hall–Kier alpha value is 0.270. The van der Waals surface area contributed by atoms with E-state index in [0.29, 0.717) is 0 Å². The summed E-state index contributed by atoms with van der Waals surface area (Å²) in [6, 6.07) is 0. The van der Waals surface area contributed by atoms with E-state index in [4.69, 9.17) is 5.21 Å². The smallest absolute Gasteiger partial charge is 0.0245 e. The van der Waals surface area contributed by atoms with Gasteiger partial charge >= 0.3 is 0 Å². The molecule has 0 aromatic carbocycles. The molecule has 0 aliphatic heterocycles. The molecule has 0 unspecified atom stereocenters. The molecule has 9 heavy (non-hydrogen) atoms. The van der Waals surface area contributed by atoms with Gasteiger partial charge in [-0.2, -0.15) is 16.8 Å². The molecule has 1 N–H and O–H groups in total. The van der Waals surface area contributed by atoms with Crippen molar-refractivity contribution in [2.24, 2.45) is 0 Å². The van der Waals surface area contributed by atoms with Crippen molar-refractivity contribution >= 4 is 11.8 Å². The summed E-state index contributed by atoms with van der Waals surface area (Å²) in [7, 11) is 0. The fourth-order valence-corrected chi connectivity index (χ4v) is 0.967. The highest BCUT2D eigenvalue weighted by Gasteiger charge is 1.93. The number of rotatable bonds is 5. The molecule has 56 valence electrons. The summed E-state index contributed by atoms with van der Waals surface area (Å²) < 4.78 is 0. The van der Waals surface area contributed by atoms with Gasteiger partial charge in [0.05, 0.1) is 0 Å². The van der Waals surface area contributed by atoms with Crippen LogP contribution in [0.2, 0.25) is 0 Å². The third-order valence-electron chi connectivity index (χ3n) is 1.13. The second-order valence-corrected chi connectivity index (χ2v) is 2.88. The standard InChI is InChI=1S/C6H15NOS/c1-3-7(8)5-4-6-9-2/h8H,3-6H2,1-2H3. The lowest BCUT2D eigenvalue weighted by atomic mass is 10.5. The zero-order chi connectivity index (χ0) is 7.11. The molecule has 0 bridgehead atoms. The Morgan fingerprint density at radius 1 is 1.56 bits per heavy atom. The van der Waals surface area contributed by atoms with Crippen LogP contribution in [0.25, 0.3) is 0 Å². The predicted molar refractivity (Wildman–Crippen MR) is 42.0 cm³/mol. The van der Waals surface area contributed by atoms with Gasteiger partial charge in [-0.15, -0.1) is 0 Å². The van der Waals surface area contributed by atoms with Gasteiger partial charge in [-0.25, -0.2) is 0 Å². The van der Waals surface area contributed by atoms with Crippen molar-refractivity contribution in [1.29, 1.82) is 0 Å². The first-order valence-electron chi connectivity index (χ1n) is 3.24. The van der Waals surface area contributed by atoms with E-state index in [9.17, 15) is 0 Å². The summed E-state index contributed by atoms with van der Waals surface area (Å²) in [5.41, 5.74) is 0. The molecule has 0 spiro atoms. The summed E-state index contributed by atoms with van der Waals surface area (Å²) in [4.78, 5) is 0. The molecule has 0 fully saturated rings. The fraction of sp³-hybridized carbons (Fsp3) is 1.00. The van der Waals surface area contributed by atoms with Gasteiger partial charge in [-0.1, -0.05) is 6.92 Å². The molecule has 0 heterocycles. The van der Waals surface area contributed by atoms with Crippen LogP contribution in [0.5, 0.6) is 0 Å². The van der Waals surface area contributed by atoms with Gasteiger partial charge in [0, 0.05) is 13.1 Å². The number of thioether (sulfide) groups is 1. The van der Waals surface area contributed by atoms with Gasteiger partial charge in [0.1, 0.15) is 0 Å². The minimum atomic E-state index is 0.731. The van der Waals surface area contributed by atoms with E-state index < -0.39 is 0 Å². The van der Waals surface area contributed by atoms with Crippen LogP contribution in [-0.2, 0) is 0 Å². The number of hydrogen-bond acceptors (Lipinski definition) is 3. The SMILES string of the molecule is CCN(O)CCCSC. The number of nitrogens with zero attached hydrogens (tertiary/aromatic N) is 1. The first-order valence-corrected chi connectivity index (χ1v) is 4.63. The highest BCUT2D eigenvalue weighted by Crippen LogP contribution is 1.95. The van der Waals surface area contributed by atoms with Crippen molar-refractivity contribution in [3.63, 3.8) is 0 Å². The topological polar surface area (TPSA) is 23.5 Å². The maximum atomic E-state index is 8.91. The second-order valence-electron chi connectivity index (χ2n) is 1.89. The van der Waals surface area contributed by atoms with Crippen LogP contribution in [0.4, 0.5) is 0 Å². The number of hydrogen-bond donors (Lipinski definition) is 1. The fourth-order valence-electron chi connectivity index (χ4n) is 0.550. The Kier molecular flexibility index (Phi) is 6.58. The maximum absolute atomic E-state index is 8.91. The summed E-state index contributed by atoms with van der Waals surface area (Å²) in [6.45, 7) is 3.48. The van der Waals surface area contributed by atoms with E-state index in [0.717, 1.165) is 25.3 Å². The summed E-state index contributed by atoms with van der Waals surface area (Å²) in [5.74, 6) is 1.14. The first-order chi connectivity index (χ1) is 4.31. The van der Waals surface area contributed by atoms with Crippen LogP contribution in [0, 0.1) is 0 Å². The molecule has 0 amide bonds. The zero-order valence-corrected chi connectivity index (χ0v) is 6.95. The average Bonchev–Trinajstić information content (AvgIpc) is 1.89. The van der Waals surface area contributed by atoms with Gasteiger partial charge in [0.15, 0.2) is 0 Å². The first kappa shape index (κ1) is 9.27. The Bertz CT molecular complexity index is 61.0. The van der Waals surface area contributed by atoms with Crippen LogP contribution in [0.1, 0.15) is 13.3 Å². The lowest BCUT2D eigenvalue weighted by molar-refractivity contribution is -0.0855.